The molecular formula is C27H39O6P. The minimum Gasteiger partial charge on any atom is -0.508 e. The van der Waals surface area contributed by atoms with Gasteiger partial charge in [0, 0.05) is 14.2 Å². The molecule has 7 heteroatoms. The number of aryl methyl sites for hydroxylation is 1. The third kappa shape index (κ3) is 9.27. The monoisotopic (exact) mass is 490 g/mol. The number of benzene rings is 2. The van der Waals surface area contributed by atoms with Crippen LogP contribution in [0.1, 0.15) is 45.1 Å². The highest BCUT2D eigenvalue weighted by Crippen LogP contribution is 2.46. The number of phenols is 1. The first-order chi connectivity index (χ1) is 16.2. The van der Waals surface area contributed by atoms with Crippen LogP contribution in [0.4, 0.5) is 0 Å². The summed E-state index contributed by atoms with van der Waals surface area (Å²) in [6, 6.07) is 16.6. The Bertz CT molecular complexity index is 914. The molecule has 0 radical (unpaired) electrons. The Morgan fingerprint density at radius 1 is 1.03 bits per heavy atom. The van der Waals surface area contributed by atoms with Gasteiger partial charge in [-0.2, -0.15) is 0 Å². The zero-order valence-corrected chi connectivity index (χ0v) is 21.6. The van der Waals surface area contributed by atoms with E-state index in [1.807, 2.05) is 56.3 Å². The maximum Gasteiger partial charge on any atom is 0.330 e. The van der Waals surface area contributed by atoms with Gasteiger partial charge in [0.1, 0.15) is 23.2 Å². The number of hydrogen-bond acceptors (Lipinski definition) is 6. The van der Waals surface area contributed by atoms with E-state index < -0.39 is 19.3 Å². The average molecular weight is 491 g/mol. The molecule has 0 bridgehead atoms. The van der Waals surface area contributed by atoms with Crippen molar-refractivity contribution < 1.29 is 28.6 Å². The maximum atomic E-state index is 11.7. The fourth-order valence-electron chi connectivity index (χ4n) is 3.73. The van der Waals surface area contributed by atoms with Crippen molar-refractivity contribution in [3.63, 3.8) is 0 Å². The van der Waals surface area contributed by atoms with Crippen LogP contribution in [-0.2, 0) is 20.0 Å². The van der Waals surface area contributed by atoms with Crippen LogP contribution in [-0.4, -0.2) is 42.3 Å². The molecule has 1 fully saturated rings. The van der Waals surface area contributed by atoms with Gasteiger partial charge < -0.3 is 24.0 Å². The minimum atomic E-state index is -2.98. The summed E-state index contributed by atoms with van der Waals surface area (Å²) in [5.41, 5.74) is 0.128. The van der Waals surface area contributed by atoms with Crippen molar-refractivity contribution in [3.8, 4) is 11.5 Å². The molecule has 1 saturated carbocycles. The molecule has 0 spiro atoms. The van der Waals surface area contributed by atoms with E-state index in [0.29, 0.717) is 12.3 Å². The van der Waals surface area contributed by atoms with Gasteiger partial charge in [0.25, 0.3) is 0 Å². The molecule has 0 saturated heterocycles. The highest BCUT2D eigenvalue weighted by Gasteiger charge is 2.28. The molecule has 2 aromatic carbocycles. The maximum absolute atomic E-state index is 11.7. The number of aromatic hydroxyl groups is 1. The van der Waals surface area contributed by atoms with E-state index in [-0.39, 0.29) is 11.9 Å². The molecule has 3 rings (SSSR count). The van der Waals surface area contributed by atoms with Crippen LogP contribution in [0.5, 0.6) is 11.5 Å². The normalized spacial score (nSPS) is 15.7. The molecule has 2 N–H and O–H groups in total. The lowest BCUT2D eigenvalue weighted by Gasteiger charge is -2.30. The Morgan fingerprint density at radius 2 is 1.62 bits per heavy atom. The van der Waals surface area contributed by atoms with E-state index in [1.54, 1.807) is 18.2 Å². The molecule has 6 nitrogen and oxygen atoms in total. The number of aliphatic hydroxyl groups is 1. The van der Waals surface area contributed by atoms with Gasteiger partial charge in [0.15, 0.2) is 0 Å². The van der Waals surface area contributed by atoms with Crippen LogP contribution in [0, 0.1) is 5.92 Å². The second-order valence-electron chi connectivity index (χ2n) is 8.97. The molecule has 0 aliphatic heterocycles. The van der Waals surface area contributed by atoms with E-state index in [4.69, 9.17) is 13.8 Å². The summed E-state index contributed by atoms with van der Waals surface area (Å²) in [6.07, 6.45) is 9.33. The van der Waals surface area contributed by atoms with Crippen molar-refractivity contribution in [2.24, 2.45) is 5.92 Å². The quantitative estimate of drug-likeness (QED) is 0.297. The number of aliphatic hydroxyl groups excluding tert-OH is 1. The smallest absolute Gasteiger partial charge is 0.330 e. The molecule has 1 atom stereocenters. The summed E-state index contributed by atoms with van der Waals surface area (Å²) in [5.74, 6) is 1.64. The SMILES string of the molecule is CC(C)(Oc1ccccc1)C(O)/C=C/C1CCCC1.COP(=O)(CCc1ccccc1O)OC. The van der Waals surface area contributed by atoms with Crippen LogP contribution >= 0.6 is 7.60 Å². The Kier molecular flexibility index (Phi) is 11.3. The fourth-order valence-corrected chi connectivity index (χ4v) is 4.76. The van der Waals surface area contributed by atoms with Crippen molar-refractivity contribution in [2.75, 3.05) is 20.4 Å². The zero-order valence-electron chi connectivity index (χ0n) is 20.7. The van der Waals surface area contributed by atoms with Crippen LogP contribution in [0.3, 0.4) is 0 Å². The molecule has 2 aromatic rings. The Balaban J connectivity index is 0.000000248. The summed E-state index contributed by atoms with van der Waals surface area (Å²) in [7, 11) is -0.265. The van der Waals surface area contributed by atoms with Crippen molar-refractivity contribution >= 4 is 7.60 Å². The lowest BCUT2D eigenvalue weighted by molar-refractivity contribution is -0.00196. The number of ether oxygens (including phenoxy) is 1. The summed E-state index contributed by atoms with van der Waals surface area (Å²) in [5, 5.41) is 19.8. The van der Waals surface area contributed by atoms with Gasteiger partial charge in [-0.25, -0.2) is 0 Å². The van der Waals surface area contributed by atoms with Crippen molar-refractivity contribution in [1.29, 1.82) is 0 Å². The third-order valence-electron chi connectivity index (χ3n) is 6.00. The second kappa shape index (κ2) is 13.7. The Hall–Kier alpha value is -2.11. The summed E-state index contributed by atoms with van der Waals surface area (Å²) < 4.78 is 27.2. The predicted octanol–water partition coefficient (Wildman–Crippen LogP) is 6.37. The standard InChI is InChI=1S/C17H24O2.C10H15O4P/c1-17(2,19-15-10-4-3-5-11-15)16(18)13-12-14-8-6-7-9-14;1-13-15(12,14-2)8-7-9-5-3-4-6-10(9)11/h3-5,10-14,16,18H,6-9H2,1-2H3;3-6,11H,7-8H2,1-2H3/b13-12+;. The van der Waals surface area contributed by atoms with Crippen molar-refractivity contribution in [2.45, 2.75) is 57.7 Å². The first kappa shape index (κ1) is 28.1. The van der Waals surface area contributed by atoms with Gasteiger partial charge in [0.05, 0.1) is 6.16 Å². The molecule has 0 amide bonds. The van der Waals surface area contributed by atoms with Gasteiger partial charge in [-0.1, -0.05) is 61.4 Å². The van der Waals surface area contributed by atoms with Crippen LogP contribution in [0.2, 0.25) is 0 Å². The molecule has 1 aliphatic carbocycles. The number of hydrogen-bond donors (Lipinski definition) is 2. The number of allylic oxidation sites excluding steroid dienone is 1. The molecule has 34 heavy (non-hydrogen) atoms. The third-order valence-corrected chi connectivity index (χ3v) is 7.89. The second-order valence-corrected chi connectivity index (χ2v) is 11.4. The van der Waals surface area contributed by atoms with Crippen molar-refractivity contribution in [1.82, 2.24) is 0 Å². The van der Waals surface area contributed by atoms with Crippen LogP contribution < -0.4 is 4.74 Å². The Labute approximate surface area is 204 Å². The summed E-state index contributed by atoms with van der Waals surface area (Å²) in [4.78, 5) is 0. The van der Waals surface area contributed by atoms with Crippen LogP contribution in [0.15, 0.2) is 66.7 Å². The van der Waals surface area contributed by atoms with Gasteiger partial charge in [0.2, 0.25) is 0 Å². The van der Waals surface area contributed by atoms with E-state index in [0.717, 1.165) is 11.3 Å². The molecule has 1 aliphatic rings. The van der Waals surface area contributed by atoms with Crippen LogP contribution in [0.25, 0.3) is 0 Å². The van der Waals surface area contributed by atoms with E-state index >= 15 is 0 Å². The van der Waals surface area contributed by atoms with Crippen molar-refractivity contribution in [3.05, 3.63) is 72.3 Å². The molecule has 0 aromatic heterocycles. The summed E-state index contributed by atoms with van der Waals surface area (Å²) >= 11 is 0. The molecule has 1 unspecified atom stereocenters. The fraction of sp³-hybridized carbons (Fsp3) is 0.481. The average Bonchev–Trinajstić information content (AvgIpc) is 3.36. The lowest BCUT2D eigenvalue weighted by atomic mass is 9.98. The van der Waals surface area contributed by atoms with E-state index in [2.05, 4.69) is 6.08 Å². The van der Waals surface area contributed by atoms with E-state index in [1.165, 1.54) is 39.9 Å². The Morgan fingerprint density at radius 3 is 2.21 bits per heavy atom. The number of phenolic OH excluding ortho intramolecular Hbond substituents is 1. The minimum absolute atomic E-state index is 0.205. The molecule has 188 valence electrons. The van der Waals surface area contributed by atoms with E-state index in [9.17, 15) is 14.8 Å². The summed E-state index contributed by atoms with van der Waals surface area (Å²) in [6.45, 7) is 3.84. The van der Waals surface area contributed by atoms with Gasteiger partial charge in [-0.3, -0.25) is 4.57 Å². The number of rotatable bonds is 10. The largest absolute Gasteiger partial charge is 0.508 e. The molecule has 0 heterocycles. The van der Waals surface area contributed by atoms with Gasteiger partial charge in [-0.05, 0) is 62.8 Å². The first-order valence-electron chi connectivity index (χ1n) is 11.8. The van der Waals surface area contributed by atoms with Gasteiger partial charge in [-0.15, -0.1) is 0 Å². The molecular weight excluding hydrogens is 451 g/mol. The first-order valence-corrected chi connectivity index (χ1v) is 13.5. The zero-order chi connectivity index (χ0) is 25.0. The topological polar surface area (TPSA) is 85.2 Å². The highest BCUT2D eigenvalue weighted by molar-refractivity contribution is 7.53. The highest BCUT2D eigenvalue weighted by atomic mass is 31.2. The van der Waals surface area contributed by atoms with Gasteiger partial charge >= 0.3 is 7.60 Å². The number of para-hydroxylation sites is 2. The predicted molar refractivity (Wildman–Crippen MR) is 137 cm³/mol. The lowest BCUT2D eigenvalue weighted by Crippen LogP contribution is -2.40.